The van der Waals surface area contributed by atoms with E-state index in [9.17, 15) is 4.39 Å². The maximum atomic E-state index is 13.7. The summed E-state index contributed by atoms with van der Waals surface area (Å²) in [5.74, 6) is -0.230. The van der Waals surface area contributed by atoms with E-state index in [0.717, 1.165) is 25.7 Å². The van der Waals surface area contributed by atoms with E-state index in [2.05, 4.69) is 0 Å². The van der Waals surface area contributed by atoms with Gasteiger partial charge in [-0.1, -0.05) is 43.4 Å². The Balaban J connectivity index is 2.12. The smallest absolute Gasteiger partial charge is 0.127 e. The highest BCUT2D eigenvalue weighted by molar-refractivity contribution is 6.30. The quantitative estimate of drug-likeness (QED) is 0.792. The molecule has 0 aromatic heterocycles. The standard InChI is InChI=1S/C14H19ClFN/c15-12-6-5-11(13(16)9-12)10-14(17)7-3-1-2-4-8-14/h5-6,9H,1-4,7-8,10,17H2. The third-order valence-corrected chi connectivity index (χ3v) is 3.89. The second-order valence-corrected chi connectivity index (χ2v) is 5.63. The molecule has 1 saturated carbocycles. The molecule has 0 atom stereocenters. The van der Waals surface area contributed by atoms with Crippen LogP contribution >= 0.6 is 11.6 Å². The monoisotopic (exact) mass is 255 g/mol. The summed E-state index contributed by atoms with van der Waals surface area (Å²) in [7, 11) is 0. The molecule has 17 heavy (non-hydrogen) atoms. The van der Waals surface area contributed by atoms with Gasteiger partial charge in [-0.3, -0.25) is 0 Å². The van der Waals surface area contributed by atoms with Crippen molar-refractivity contribution < 1.29 is 4.39 Å². The summed E-state index contributed by atoms with van der Waals surface area (Å²) in [6, 6.07) is 4.87. The number of benzene rings is 1. The molecule has 1 nitrogen and oxygen atoms in total. The number of rotatable bonds is 2. The molecule has 1 aliphatic rings. The average molecular weight is 256 g/mol. The van der Waals surface area contributed by atoms with E-state index >= 15 is 0 Å². The summed E-state index contributed by atoms with van der Waals surface area (Å²) in [5.41, 5.74) is 6.86. The molecule has 2 N–H and O–H groups in total. The van der Waals surface area contributed by atoms with Crippen molar-refractivity contribution in [3.63, 3.8) is 0 Å². The van der Waals surface area contributed by atoms with E-state index < -0.39 is 0 Å². The molecule has 0 heterocycles. The summed E-state index contributed by atoms with van der Waals surface area (Å²) < 4.78 is 13.7. The van der Waals surface area contributed by atoms with E-state index in [1.54, 1.807) is 12.1 Å². The Morgan fingerprint density at radius 3 is 2.41 bits per heavy atom. The maximum absolute atomic E-state index is 13.7. The number of hydrogen-bond acceptors (Lipinski definition) is 1. The zero-order chi connectivity index (χ0) is 12.3. The second kappa shape index (κ2) is 5.36. The first kappa shape index (κ1) is 12.8. The largest absolute Gasteiger partial charge is 0.325 e. The minimum Gasteiger partial charge on any atom is -0.325 e. The predicted octanol–water partition coefficient (Wildman–Crippen LogP) is 4.07. The fourth-order valence-corrected chi connectivity index (χ4v) is 2.81. The minimum atomic E-state index is -0.231. The molecule has 0 bridgehead atoms. The fourth-order valence-electron chi connectivity index (χ4n) is 2.65. The lowest BCUT2D eigenvalue weighted by Crippen LogP contribution is -2.41. The van der Waals surface area contributed by atoms with Gasteiger partial charge in [0.2, 0.25) is 0 Å². The van der Waals surface area contributed by atoms with Gasteiger partial charge < -0.3 is 5.73 Å². The summed E-state index contributed by atoms with van der Waals surface area (Å²) in [6.45, 7) is 0. The van der Waals surface area contributed by atoms with Gasteiger partial charge in [0.05, 0.1) is 0 Å². The van der Waals surface area contributed by atoms with Crippen LogP contribution in [0.3, 0.4) is 0 Å². The maximum Gasteiger partial charge on any atom is 0.127 e. The van der Waals surface area contributed by atoms with Crippen LogP contribution in [-0.2, 0) is 6.42 Å². The summed E-state index contributed by atoms with van der Waals surface area (Å²) >= 11 is 5.75. The van der Waals surface area contributed by atoms with Crippen LogP contribution in [0.5, 0.6) is 0 Å². The highest BCUT2D eigenvalue weighted by atomic mass is 35.5. The molecule has 1 fully saturated rings. The van der Waals surface area contributed by atoms with Gasteiger partial charge in [0, 0.05) is 10.6 Å². The average Bonchev–Trinajstić information content (AvgIpc) is 2.48. The van der Waals surface area contributed by atoms with Gasteiger partial charge in [0.1, 0.15) is 5.82 Å². The van der Waals surface area contributed by atoms with Crippen molar-refractivity contribution in [3.05, 3.63) is 34.6 Å². The molecule has 3 heteroatoms. The third kappa shape index (κ3) is 3.43. The Hall–Kier alpha value is -0.600. The van der Waals surface area contributed by atoms with Crippen LogP contribution in [0, 0.1) is 5.82 Å². The molecule has 1 aliphatic carbocycles. The van der Waals surface area contributed by atoms with Gasteiger partial charge in [-0.25, -0.2) is 4.39 Å². The molecular weight excluding hydrogens is 237 g/mol. The molecule has 2 rings (SSSR count). The minimum absolute atomic E-state index is 0.230. The highest BCUT2D eigenvalue weighted by Gasteiger charge is 2.27. The number of halogens is 2. The lowest BCUT2D eigenvalue weighted by Gasteiger charge is -2.28. The van der Waals surface area contributed by atoms with E-state index in [1.807, 2.05) is 0 Å². The third-order valence-electron chi connectivity index (χ3n) is 3.66. The predicted molar refractivity (Wildman–Crippen MR) is 69.7 cm³/mol. The molecule has 1 aromatic rings. The first-order valence-electron chi connectivity index (χ1n) is 6.32. The van der Waals surface area contributed by atoms with Crippen LogP contribution in [0.25, 0.3) is 0 Å². The van der Waals surface area contributed by atoms with Crippen LogP contribution in [-0.4, -0.2) is 5.54 Å². The van der Waals surface area contributed by atoms with Gasteiger partial charge in [0.15, 0.2) is 0 Å². The first-order chi connectivity index (χ1) is 8.09. The lowest BCUT2D eigenvalue weighted by atomic mass is 9.85. The second-order valence-electron chi connectivity index (χ2n) is 5.19. The Kier molecular flexibility index (Phi) is 4.05. The van der Waals surface area contributed by atoms with Gasteiger partial charge in [-0.05, 0) is 37.0 Å². The zero-order valence-electron chi connectivity index (χ0n) is 10.0. The summed E-state index contributed by atoms with van der Waals surface area (Å²) in [4.78, 5) is 0. The van der Waals surface area contributed by atoms with Gasteiger partial charge >= 0.3 is 0 Å². The Morgan fingerprint density at radius 2 is 1.82 bits per heavy atom. The number of nitrogens with two attached hydrogens (primary N) is 1. The Morgan fingerprint density at radius 1 is 1.18 bits per heavy atom. The molecular formula is C14H19ClFN. The van der Waals surface area contributed by atoms with Gasteiger partial charge in [-0.15, -0.1) is 0 Å². The van der Waals surface area contributed by atoms with Gasteiger partial charge in [0.25, 0.3) is 0 Å². The molecule has 1 aromatic carbocycles. The van der Waals surface area contributed by atoms with Crippen LogP contribution in [0.15, 0.2) is 18.2 Å². The van der Waals surface area contributed by atoms with Crippen molar-refractivity contribution in [2.45, 2.75) is 50.5 Å². The van der Waals surface area contributed by atoms with E-state index in [4.69, 9.17) is 17.3 Å². The van der Waals surface area contributed by atoms with Crippen LogP contribution in [0.2, 0.25) is 5.02 Å². The van der Waals surface area contributed by atoms with E-state index in [1.165, 1.54) is 18.9 Å². The Labute approximate surface area is 107 Å². The van der Waals surface area contributed by atoms with Crippen molar-refractivity contribution >= 4 is 11.6 Å². The van der Waals surface area contributed by atoms with Crippen molar-refractivity contribution in [3.8, 4) is 0 Å². The van der Waals surface area contributed by atoms with Crippen molar-refractivity contribution in [2.24, 2.45) is 5.73 Å². The van der Waals surface area contributed by atoms with Gasteiger partial charge in [-0.2, -0.15) is 0 Å². The number of hydrogen-bond donors (Lipinski definition) is 1. The lowest BCUT2D eigenvalue weighted by molar-refractivity contribution is 0.364. The van der Waals surface area contributed by atoms with Crippen LogP contribution in [0.1, 0.15) is 44.1 Å². The van der Waals surface area contributed by atoms with Crippen molar-refractivity contribution in [1.82, 2.24) is 0 Å². The molecule has 0 saturated heterocycles. The summed E-state index contributed by atoms with van der Waals surface area (Å²) in [5, 5.41) is 0.443. The molecule has 94 valence electrons. The van der Waals surface area contributed by atoms with Crippen LogP contribution in [0.4, 0.5) is 4.39 Å². The summed E-state index contributed by atoms with van der Waals surface area (Å²) in [6.07, 6.45) is 7.43. The molecule has 0 aliphatic heterocycles. The van der Waals surface area contributed by atoms with Crippen molar-refractivity contribution in [1.29, 1.82) is 0 Å². The van der Waals surface area contributed by atoms with Crippen LogP contribution < -0.4 is 5.73 Å². The molecule has 0 radical (unpaired) electrons. The van der Waals surface area contributed by atoms with E-state index in [-0.39, 0.29) is 11.4 Å². The zero-order valence-corrected chi connectivity index (χ0v) is 10.8. The first-order valence-corrected chi connectivity index (χ1v) is 6.70. The Bertz CT molecular complexity index is 384. The highest BCUT2D eigenvalue weighted by Crippen LogP contribution is 2.29. The molecule has 0 unspecified atom stereocenters. The normalized spacial score (nSPS) is 19.9. The topological polar surface area (TPSA) is 26.0 Å². The SMILES string of the molecule is NC1(Cc2ccc(Cl)cc2F)CCCCCC1. The van der Waals surface area contributed by atoms with E-state index in [0.29, 0.717) is 17.0 Å². The fraction of sp³-hybridized carbons (Fsp3) is 0.571. The van der Waals surface area contributed by atoms with Crippen molar-refractivity contribution in [2.75, 3.05) is 0 Å². The molecule has 0 spiro atoms. The molecule has 0 amide bonds.